The van der Waals surface area contributed by atoms with Crippen LogP contribution in [-0.2, 0) is 19.1 Å². The molecule has 0 saturated carbocycles. The number of hydrogen-bond acceptors (Lipinski definition) is 5. The van der Waals surface area contributed by atoms with Gasteiger partial charge >= 0.3 is 11.9 Å². The Hall–Kier alpha value is -2.82. The third-order valence-corrected chi connectivity index (χ3v) is 4.46. The second kappa shape index (κ2) is 9.61. The van der Waals surface area contributed by atoms with Crippen molar-refractivity contribution in [2.24, 2.45) is 11.8 Å². The second-order valence-electron chi connectivity index (χ2n) is 5.99. The first-order valence-corrected chi connectivity index (χ1v) is 8.64. The highest BCUT2D eigenvalue weighted by atomic mass is 16.5. The molecule has 0 spiro atoms. The smallest absolute Gasteiger partial charge is 0.311 e. The van der Waals surface area contributed by atoms with Gasteiger partial charge in [0.15, 0.2) is 0 Å². The molecule has 0 bridgehead atoms. The molecule has 0 aliphatic heterocycles. The average molecular weight is 355 g/mol. The van der Waals surface area contributed by atoms with E-state index in [-0.39, 0.29) is 0 Å². The lowest BCUT2D eigenvalue weighted by Gasteiger charge is -2.31. The Labute approximate surface area is 154 Å². The molecule has 0 fully saturated rings. The number of esters is 2. The van der Waals surface area contributed by atoms with Crippen LogP contribution < -0.4 is 5.32 Å². The molecule has 2 aromatic carbocycles. The molecule has 26 heavy (non-hydrogen) atoms. The van der Waals surface area contributed by atoms with E-state index in [0.29, 0.717) is 6.42 Å². The molecule has 138 valence electrons. The van der Waals surface area contributed by atoms with Crippen LogP contribution in [-0.4, -0.2) is 26.2 Å². The van der Waals surface area contributed by atoms with Crippen molar-refractivity contribution in [3.05, 3.63) is 66.2 Å². The largest absolute Gasteiger partial charge is 0.469 e. The molecule has 0 amide bonds. The van der Waals surface area contributed by atoms with Gasteiger partial charge in [-0.2, -0.15) is 0 Å². The topological polar surface area (TPSA) is 64.6 Å². The number of para-hydroxylation sites is 1. The lowest BCUT2D eigenvalue weighted by Crippen LogP contribution is -2.38. The third-order valence-electron chi connectivity index (χ3n) is 4.46. The number of benzene rings is 2. The Morgan fingerprint density at radius 2 is 1.42 bits per heavy atom. The van der Waals surface area contributed by atoms with E-state index in [0.717, 1.165) is 11.3 Å². The first-order valence-electron chi connectivity index (χ1n) is 8.64. The number of methoxy groups -OCH3 is 2. The van der Waals surface area contributed by atoms with E-state index in [4.69, 9.17) is 9.47 Å². The van der Waals surface area contributed by atoms with Gasteiger partial charge < -0.3 is 14.8 Å². The van der Waals surface area contributed by atoms with Gasteiger partial charge in [0, 0.05) is 5.69 Å². The number of ether oxygens (including phenoxy) is 2. The molecule has 2 rings (SSSR count). The summed E-state index contributed by atoms with van der Waals surface area (Å²) in [4.78, 5) is 25.0. The van der Waals surface area contributed by atoms with E-state index in [2.05, 4.69) is 5.32 Å². The van der Waals surface area contributed by atoms with Crippen LogP contribution in [0.3, 0.4) is 0 Å². The first-order chi connectivity index (χ1) is 12.6. The van der Waals surface area contributed by atoms with E-state index in [1.54, 1.807) is 0 Å². The summed E-state index contributed by atoms with van der Waals surface area (Å²) in [5.41, 5.74) is 1.75. The minimum Gasteiger partial charge on any atom is -0.469 e. The molecule has 1 N–H and O–H groups in total. The van der Waals surface area contributed by atoms with Gasteiger partial charge in [0.25, 0.3) is 0 Å². The lowest BCUT2D eigenvalue weighted by molar-refractivity contribution is -0.158. The summed E-state index contributed by atoms with van der Waals surface area (Å²) in [6.45, 7) is 1.86. The van der Waals surface area contributed by atoms with Crippen molar-refractivity contribution in [2.75, 3.05) is 19.5 Å². The monoisotopic (exact) mass is 355 g/mol. The maximum Gasteiger partial charge on any atom is 0.311 e. The molecular weight excluding hydrogens is 330 g/mol. The number of rotatable bonds is 8. The molecule has 0 unspecified atom stereocenters. The molecular formula is C21H25NO4. The Morgan fingerprint density at radius 1 is 0.885 bits per heavy atom. The van der Waals surface area contributed by atoms with Crippen molar-refractivity contribution in [1.82, 2.24) is 0 Å². The molecule has 0 saturated heterocycles. The number of anilines is 1. The fraction of sp³-hybridized carbons (Fsp3) is 0.333. The van der Waals surface area contributed by atoms with Crippen LogP contribution in [0.1, 0.15) is 24.9 Å². The van der Waals surface area contributed by atoms with Crippen LogP contribution in [0.15, 0.2) is 60.7 Å². The van der Waals surface area contributed by atoms with Crippen LogP contribution in [0.2, 0.25) is 0 Å². The van der Waals surface area contributed by atoms with Crippen molar-refractivity contribution in [1.29, 1.82) is 0 Å². The summed E-state index contributed by atoms with van der Waals surface area (Å²) in [6.07, 6.45) is 0.465. The molecule has 0 aliphatic carbocycles. The first kappa shape index (κ1) is 19.5. The highest BCUT2D eigenvalue weighted by Crippen LogP contribution is 2.35. The van der Waals surface area contributed by atoms with Crippen LogP contribution in [0.5, 0.6) is 0 Å². The Balaban J connectivity index is 2.50. The molecule has 0 aromatic heterocycles. The predicted octanol–water partition coefficient (Wildman–Crippen LogP) is 3.83. The zero-order valence-corrected chi connectivity index (χ0v) is 15.3. The summed E-state index contributed by atoms with van der Waals surface area (Å²) in [5.74, 6) is -2.20. The van der Waals surface area contributed by atoms with Crippen molar-refractivity contribution < 1.29 is 19.1 Å². The van der Waals surface area contributed by atoms with Gasteiger partial charge in [0.05, 0.1) is 32.1 Å². The fourth-order valence-corrected chi connectivity index (χ4v) is 3.14. The third kappa shape index (κ3) is 4.63. The summed E-state index contributed by atoms with van der Waals surface area (Å²) < 4.78 is 9.98. The van der Waals surface area contributed by atoms with Gasteiger partial charge in [-0.05, 0) is 24.1 Å². The van der Waals surface area contributed by atoms with E-state index < -0.39 is 29.8 Å². The van der Waals surface area contributed by atoms with Gasteiger partial charge in [-0.15, -0.1) is 0 Å². The van der Waals surface area contributed by atoms with Crippen LogP contribution in [0.25, 0.3) is 0 Å². The second-order valence-corrected chi connectivity index (χ2v) is 5.99. The van der Waals surface area contributed by atoms with Crippen molar-refractivity contribution >= 4 is 17.6 Å². The fourth-order valence-electron chi connectivity index (χ4n) is 3.14. The van der Waals surface area contributed by atoms with Gasteiger partial charge in [-0.25, -0.2) is 0 Å². The van der Waals surface area contributed by atoms with E-state index in [1.165, 1.54) is 14.2 Å². The van der Waals surface area contributed by atoms with Crippen LogP contribution >= 0.6 is 0 Å². The Kier molecular flexibility index (Phi) is 7.21. The van der Waals surface area contributed by atoms with Crippen LogP contribution in [0.4, 0.5) is 5.69 Å². The van der Waals surface area contributed by atoms with Gasteiger partial charge in [-0.1, -0.05) is 55.5 Å². The van der Waals surface area contributed by atoms with Gasteiger partial charge in [-0.3, -0.25) is 9.59 Å². The normalized spacial score (nSPS) is 14.0. The van der Waals surface area contributed by atoms with Crippen molar-refractivity contribution in [3.63, 3.8) is 0 Å². The highest BCUT2D eigenvalue weighted by Gasteiger charge is 2.40. The summed E-state index contributed by atoms with van der Waals surface area (Å²) in [7, 11) is 2.67. The number of hydrogen-bond donors (Lipinski definition) is 1. The lowest BCUT2D eigenvalue weighted by atomic mass is 9.80. The van der Waals surface area contributed by atoms with E-state index in [9.17, 15) is 9.59 Å². The SMILES string of the molecule is CC[C@H](C(=O)OC)[C@@H](C(=O)OC)[C@@H](Nc1ccccc1)c1ccccc1. The van der Waals surface area contributed by atoms with Crippen molar-refractivity contribution in [2.45, 2.75) is 19.4 Å². The van der Waals surface area contributed by atoms with Crippen LogP contribution in [0, 0.1) is 11.8 Å². The number of carbonyl (C=O) groups excluding carboxylic acids is 2. The van der Waals surface area contributed by atoms with Gasteiger partial charge in [0.2, 0.25) is 0 Å². The quantitative estimate of drug-likeness (QED) is 0.729. The minimum absolute atomic E-state index is 0.418. The summed E-state index contributed by atoms with van der Waals surface area (Å²) in [5, 5.41) is 3.40. The molecule has 3 atom stereocenters. The predicted molar refractivity (Wildman–Crippen MR) is 101 cm³/mol. The summed E-state index contributed by atoms with van der Waals surface area (Å²) >= 11 is 0. The van der Waals surface area contributed by atoms with Crippen molar-refractivity contribution in [3.8, 4) is 0 Å². The maximum absolute atomic E-state index is 12.7. The molecule has 0 radical (unpaired) electrons. The molecule has 0 heterocycles. The molecule has 2 aromatic rings. The molecule has 0 aliphatic rings. The van der Waals surface area contributed by atoms with E-state index >= 15 is 0 Å². The highest BCUT2D eigenvalue weighted by molar-refractivity contribution is 5.83. The Bertz CT molecular complexity index is 702. The standard InChI is InChI=1S/C21H25NO4/c1-4-17(20(23)25-2)18(21(24)26-3)19(15-11-7-5-8-12-15)22-16-13-9-6-10-14-16/h5-14,17-19,22H,4H2,1-3H3/t17-,18+,19-/m0/s1. The zero-order chi connectivity index (χ0) is 18.9. The zero-order valence-electron chi connectivity index (χ0n) is 15.3. The van der Waals surface area contributed by atoms with E-state index in [1.807, 2.05) is 67.6 Å². The number of carbonyl (C=O) groups is 2. The number of nitrogens with one attached hydrogen (secondary N) is 1. The minimum atomic E-state index is -0.722. The average Bonchev–Trinajstić information content (AvgIpc) is 2.71. The summed E-state index contributed by atoms with van der Waals surface area (Å²) in [6, 6.07) is 18.7. The molecule has 5 nitrogen and oxygen atoms in total. The molecule has 5 heteroatoms. The van der Waals surface area contributed by atoms with Gasteiger partial charge in [0.1, 0.15) is 0 Å². The Morgan fingerprint density at radius 3 is 1.92 bits per heavy atom. The maximum atomic E-state index is 12.7.